The summed E-state index contributed by atoms with van der Waals surface area (Å²) in [6, 6.07) is 9.90. The molecule has 0 amide bonds. The van der Waals surface area contributed by atoms with E-state index in [1.165, 1.54) is 44.1 Å². The molecule has 4 aliphatic carbocycles. The number of aliphatic hydroxyl groups is 1. The molecule has 0 heterocycles. The lowest BCUT2D eigenvalue weighted by atomic mass is 9.47. The molecule has 1 radical (unpaired) electrons. The average molecular weight is 269 g/mol. The second-order valence-electron chi connectivity index (χ2n) is 7.61. The van der Waals surface area contributed by atoms with E-state index in [9.17, 15) is 0 Å². The van der Waals surface area contributed by atoms with Gasteiger partial charge in [-0.3, -0.25) is 0 Å². The van der Waals surface area contributed by atoms with Crippen molar-refractivity contribution in [2.45, 2.75) is 56.8 Å². The Morgan fingerprint density at radius 2 is 1.75 bits per heavy atom. The molecule has 0 saturated heterocycles. The number of hydrogen-bond donors (Lipinski definition) is 1. The lowest BCUT2D eigenvalue weighted by Gasteiger charge is -2.57. The van der Waals surface area contributed by atoms with Crippen LogP contribution in [0, 0.1) is 23.8 Å². The molecule has 1 nitrogen and oxygen atoms in total. The van der Waals surface area contributed by atoms with Gasteiger partial charge in [-0.1, -0.05) is 18.2 Å². The molecule has 4 fully saturated rings. The van der Waals surface area contributed by atoms with Gasteiger partial charge in [0.25, 0.3) is 0 Å². The number of rotatable bonds is 4. The van der Waals surface area contributed by atoms with Crippen LogP contribution in [0.25, 0.3) is 0 Å². The summed E-state index contributed by atoms with van der Waals surface area (Å²) in [5.41, 5.74) is 3.56. The summed E-state index contributed by atoms with van der Waals surface area (Å²) in [7, 11) is 0. The van der Waals surface area contributed by atoms with E-state index >= 15 is 0 Å². The second kappa shape index (κ2) is 4.87. The van der Waals surface area contributed by atoms with Crippen LogP contribution in [0.4, 0.5) is 0 Å². The maximum atomic E-state index is 9.14. The van der Waals surface area contributed by atoms with E-state index in [1.807, 2.05) is 0 Å². The van der Waals surface area contributed by atoms with Gasteiger partial charge in [0.15, 0.2) is 0 Å². The molecule has 1 aromatic rings. The molecule has 20 heavy (non-hydrogen) atoms. The van der Waals surface area contributed by atoms with Gasteiger partial charge in [0.05, 0.1) is 0 Å². The fourth-order valence-electron chi connectivity index (χ4n) is 5.90. The van der Waals surface area contributed by atoms with E-state index in [-0.39, 0.29) is 0 Å². The summed E-state index contributed by atoms with van der Waals surface area (Å²) in [5, 5.41) is 9.14. The van der Waals surface area contributed by atoms with E-state index in [4.69, 9.17) is 5.11 Å². The van der Waals surface area contributed by atoms with Crippen molar-refractivity contribution in [2.75, 3.05) is 6.61 Å². The van der Waals surface area contributed by atoms with Crippen LogP contribution in [0.5, 0.6) is 0 Å². The first-order valence-corrected chi connectivity index (χ1v) is 8.39. The number of aliphatic hydroxyl groups excluding tert-OH is 1. The molecule has 107 valence electrons. The number of aryl methyl sites for hydroxylation is 1. The van der Waals surface area contributed by atoms with Gasteiger partial charge >= 0.3 is 0 Å². The van der Waals surface area contributed by atoms with Gasteiger partial charge in [-0.2, -0.15) is 0 Å². The molecular weight excluding hydrogens is 244 g/mol. The summed E-state index contributed by atoms with van der Waals surface area (Å²) in [5.74, 6) is 2.99. The van der Waals surface area contributed by atoms with E-state index in [1.54, 1.807) is 5.56 Å². The van der Waals surface area contributed by atoms with Crippen molar-refractivity contribution in [1.82, 2.24) is 0 Å². The summed E-state index contributed by atoms with van der Waals surface area (Å²) in [4.78, 5) is 0. The fourth-order valence-corrected chi connectivity index (χ4v) is 5.90. The van der Waals surface area contributed by atoms with Crippen LogP contribution in [0.15, 0.2) is 18.2 Å². The minimum atomic E-state index is 0.301. The van der Waals surface area contributed by atoms with Crippen LogP contribution >= 0.6 is 0 Å². The van der Waals surface area contributed by atoms with Crippen LogP contribution in [-0.2, 0) is 11.8 Å². The lowest BCUT2D eigenvalue weighted by molar-refractivity contribution is -0.00560. The molecule has 5 rings (SSSR count). The van der Waals surface area contributed by atoms with Crippen LogP contribution in [0.1, 0.15) is 56.1 Å². The fraction of sp³-hybridized carbons (Fsp3) is 0.684. The van der Waals surface area contributed by atoms with Crippen LogP contribution in [0.3, 0.4) is 0 Å². The van der Waals surface area contributed by atoms with Crippen LogP contribution in [0.2, 0.25) is 0 Å². The van der Waals surface area contributed by atoms with Crippen molar-refractivity contribution in [3.63, 3.8) is 0 Å². The topological polar surface area (TPSA) is 20.2 Å². The molecule has 0 aliphatic heterocycles. The Hall–Kier alpha value is -0.820. The monoisotopic (exact) mass is 269 g/mol. The SMILES string of the molecule is OCCCc1c[c]ccc1C12CC3CC(CC(C3)C1)C2. The predicted octanol–water partition coefficient (Wildman–Crippen LogP) is 3.88. The van der Waals surface area contributed by atoms with E-state index in [2.05, 4.69) is 24.3 Å². The van der Waals surface area contributed by atoms with Gasteiger partial charge in [-0.05, 0) is 91.7 Å². The molecule has 0 aromatic heterocycles. The van der Waals surface area contributed by atoms with Crippen LogP contribution < -0.4 is 0 Å². The quantitative estimate of drug-likeness (QED) is 0.879. The van der Waals surface area contributed by atoms with E-state index in [0.717, 1.165) is 30.6 Å². The number of benzene rings is 1. The predicted molar refractivity (Wildman–Crippen MR) is 80.5 cm³/mol. The molecule has 1 N–H and O–H groups in total. The van der Waals surface area contributed by atoms with Gasteiger partial charge in [0.1, 0.15) is 0 Å². The van der Waals surface area contributed by atoms with Crippen molar-refractivity contribution < 1.29 is 5.11 Å². The maximum absolute atomic E-state index is 9.14. The Kier molecular flexibility index (Phi) is 3.14. The zero-order valence-corrected chi connectivity index (χ0v) is 12.3. The molecule has 4 bridgehead atoms. The molecule has 1 heteroatoms. The third-order valence-electron chi connectivity index (χ3n) is 6.16. The minimum Gasteiger partial charge on any atom is -0.396 e. The third-order valence-corrected chi connectivity index (χ3v) is 6.16. The van der Waals surface area contributed by atoms with Crippen molar-refractivity contribution in [3.8, 4) is 0 Å². The zero-order chi connectivity index (χ0) is 13.6. The first kappa shape index (κ1) is 12.9. The lowest BCUT2D eigenvalue weighted by Crippen LogP contribution is -2.48. The van der Waals surface area contributed by atoms with E-state index in [0.29, 0.717) is 12.0 Å². The Bertz CT molecular complexity index is 455. The third kappa shape index (κ3) is 2.02. The van der Waals surface area contributed by atoms with Crippen LogP contribution in [-0.4, -0.2) is 11.7 Å². The summed E-state index contributed by atoms with van der Waals surface area (Å²) in [6.45, 7) is 0.301. The first-order chi connectivity index (χ1) is 9.79. The Labute approximate surface area is 122 Å². The van der Waals surface area contributed by atoms with Crippen molar-refractivity contribution in [2.24, 2.45) is 17.8 Å². The summed E-state index contributed by atoms with van der Waals surface area (Å²) in [6.07, 6.45) is 10.7. The highest BCUT2D eigenvalue weighted by Crippen LogP contribution is 2.61. The van der Waals surface area contributed by atoms with Gasteiger partial charge in [-0.15, -0.1) is 0 Å². The smallest absolute Gasteiger partial charge is 0.0434 e. The molecular formula is C19H25O. The Balaban J connectivity index is 1.70. The van der Waals surface area contributed by atoms with Crippen molar-refractivity contribution in [1.29, 1.82) is 0 Å². The summed E-state index contributed by atoms with van der Waals surface area (Å²) < 4.78 is 0. The highest BCUT2D eigenvalue weighted by molar-refractivity contribution is 5.36. The molecule has 0 atom stereocenters. The second-order valence-corrected chi connectivity index (χ2v) is 7.61. The normalized spacial score (nSPS) is 38.4. The molecule has 4 saturated carbocycles. The van der Waals surface area contributed by atoms with Gasteiger partial charge in [-0.25, -0.2) is 0 Å². The highest BCUT2D eigenvalue weighted by Gasteiger charge is 2.51. The van der Waals surface area contributed by atoms with Crippen molar-refractivity contribution in [3.05, 3.63) is 35.4 Å². The zero-order valence-electron chi connectivity index (χ0n) is 12.3. The minimum absolute atomic E-state index is 0.301. The Morgan fingerprint density at radius 3 is 2.35 bits per heavy atom. The standard InChI is InChI=1S/C19H25O/c20-7-3-5-17-4-1-2-6-18(17)19-11-14-8-15(12-19)10-16(9-14)13-19/h2,4,6,14-16,20H,3,5,7-13H2. The van der Waals surface area contributed by atoms with Crippen molar-refractivity contribution >= 4 is 0 Å². The Morgan fingerprint density at radius 1 is 1.10 bits per heavy atom. The summed E-state index contributed by atoms with van der Waals surface area (Å²) >= 11 is 0. The molecule has 0 unspecified atom stereocenters. The highest BCUT2D eigenvalue weighted by atomic mass is 16.2. The van der Waals surface area contributed by atoms with E-state index < -0.39 is 0 Å². The number of hydrogen-bond acceptors (Lipinski definition) is 1. The maximum Gasteiger partial charge on any atom is 0.0434 e. The van der Waals surface area contributed by atoms with Gasteiger partial charge < -0.3 is 5.11 Å². The average Bonchev–Trinajstić information content (AvgIpc) is 2.44. The molecule has 0 spiro atoms. The molecule has 1 aromatic carbocycles. The van der Waals surface area contributed by atoms with Gasteiger partial charge in [0, 0.05) is 6.61 Å². The van der Waals surface area contributed by atoms with Gasteiger partial charge in [0.2, 0.25) is 0 Å². The largest absolute Gasteiger partial charge is 0.396 e. The first-order valence-electron chi connectivity index (χ1n) is 8.39. The molecule has 4 aliphatic rings.